The lowest BCUT2D eigenvalue weighted by Gasteiger charge is -2.00. The molecule has 1 aromatic carbocycles. The number of nitrogens with zero attached hydrogens (tertiary/aromatic N) is 4. The molecule has 0 radical (unpaired) electrons. The molecule has 0 fully saturated rings. The van der Waals surface area contributed by atoms with Gasteiger partial charge in [0.2, 0.25) is 11.7 Å². The van der Waals surface area contributed by atoms with Crippen molar-refractivity contribution in [1.82, 2.24) is 25.3 Å². The summed E-state index contributed by atoms with van der Waals surface area (Å²) < 4.78 is 5.35. The minimum Gasteiger partial charge on any atom is -0.339 e. The molecule has 6 nitrogen and oxygen atoms in total. The van der Waals surface area contributed by atoms with Crippen LogP contribution in [0.1, 0.15) is 22.9 Å². The molecule has 0 amide bonds. The van der Waals surface area contributed by atoms with Gasteiger partial charge in [0.15, 0.2) is 5.82 Å². The fourth-order valence-electron chi connectivity index (χ4n) is 2.54. The van der Waals surface area contributed by atoms with Gasteiger partial charge in [0.05, 0.1) is 0 Å². The molecule has 6 heteroatoms. The first-order valence-corrected chi connectivity index (χ1v) is 6.16. The Morgan fingerprint density at radius 2 is 1.95 bits per heavy atom. The molecule has 1 aliphatic carbocycles. The quantitative estimate of drug-likeness (QED) is 0.752. The van der Waals surface area contributed by atoms with Crippen LogP contribution in [-0.4, -0.2) is 25.3 Å². The van der Waals surface area contributed by atoms with Gasteiger partial charge in [0.25, 0.3) is 0 Å². The molecule has 0 bridgehead atoms. The number of fused-ring (bicyclic) bond motifs is 1. The predicted molar refractivity (Wildman–Crippen MR) is 66.3 cm³/mol. The van der Waals surface area contributed by atoms with Gasteiger partial charge in [0.1, 0.15) is 6.33 Å². The molecule has 1 aliphatic rings. The zero-order valence-corrected chi connectivity index (χ0v) is 10.1. The highest BCUT2D eigenvalue weighted by Gasteiger charge is 2.27. The summed E-state index contributed by atoms with van der Waals surface area (Å²) in [5.74, 6) is 1.93. The van der Waals surface area contributed by atoms with Crippen molar-refractivity contribution in [3.05, 3.63) is 47.6 Å². The van der Waals surface area contributed by atoms with E-state index in [4.69, 9.17) is 4.52 Å². The van der Waals surface area contributed by atoms with E-state index in [1.165, 1.54) is 17.5 Å². The van der Waals surface area contributed by atoms with Crippen LogP contribution in [0.3, 0.4) is 0 Å². The minimum absolute atomic E-state index is 0.265. The summed E-state index contributed by atoms with van der Waals surface area (Å²) in [6.45, 7) is 0. The van der Waals surface area contributed by atoms with Crippen molar-refractivity contribution in [2.75, 3.05) is 0 Å². The summed E-state index contributed by atoms with van der Waals surface area (Å²) in [5.41, 5.74) is 2.74. The Morgan fingerprint density at radius 1 is 1.16 bits per heavy atom. The first-order chi connectivity index (χ1) is 9.40. The molecular formula is C13H11N5O. The minimum atomic E-state index is 0.265. The molecule has 2 aromatic heterocycles. The molecule has 0 spiro atoms. The Balaban J connectivity index is 1.62. The fourth-order valence-corrected chi connectivity index (χ4v) is 2.54. The van der Waals surface area contributed by atoms with Gasteiger partial charge in [-0.1, -0.05) is 29.4 Å². The summed E-state index contributed by atoms with van der Waals surface area (Å²) >= 11 is 0. The van der Waals surface area contributed by atoms with E-state index in [1.54, 1.807) is 0 Å². The standard InChI is InChI=1S/C13H11N5O/c1-2-4-9-6-10(5-8(9)3-1)13-16-12(18-19-13)11-14-7-15-17-11/h1-4,7,10H,5-6H2,(H,14,15,17). The van der Waals surface area contributed by atoms with Crippen LogP contribution in [0.2, 0.25) is 0 Å². The van der Waals surface area contributed by atoms with Gasteiger partial charge >= 0.3 is 0 Å². The van der Waals surface area contributed by atoms with Crippen LogP contribution in [0.5, 0.6) is 0 Å². The largest absolute Gasteiger partial charge is 0.339 e. The fraction of sp³-hybridized carbons (Fsp3) is 0.231. The van der Waals surface area contributed by atoms with Gasteiger partial charge in [-0.3, -0.25) is 5.10 Å². The third-order valence-corrected chi connectivity index (χ3v) is 3.47. The first kappa shape index (κ1) is 10.4. The van der Waals surface area contributed by atoms with Crippen molar-refractivity contribution in [3.8, 4) is 11.6 Å². The number of rotatable bonds is 2. The van der Waals surface area contributed by atoms with Crippen LogP contribution in [0.15, 0.2) is 35.1 Å². The van der Waals surface area contributed by atoms with E-state index in [0.29, 0.717) is 17.5 Å². The van der Waals surface area contributed by atoms with Crippen molar-refractivity contribution in [3.63, 3.8) is 0 Å². The molecule has 0 saturated heterocycles. The maximum absolute atomic E-state index is 5.35. The zero-order chi connectivity index (χ0) is 12.7. The first-order valence-electron chi connectivity index (χ1n) is 6.16. The van der Waals surface area contributed by atoms with Crippen LogP contribution in [0, 0.1) is 0 Å². The second-order valence-corrected chi connectivity index (χ2v) is 4.66. The third kappa shape index (κ3) is 1.72. The number of aromatic nitrogens is 5. The molecule has 1 N–H and O–H groups in total. The van der Waals surface area contributed by atoms with E-state index in [2.05, 4.69) is 49.6 Å². The molecular weight excluding hydrogens is 242 g/mol. The normalized spacial score (nSPS) is 14.7. The Kier molecular flexibility index (Phi) is 2.20. The van der Waals surface area contributed by atoms with Gasteiger partial charge in [-0.15, -0.1) is 0 Å². The molecule has 0 atom stereocenters. The van der Waals surface area contributed by atoms with Gasteiger partial charge in [-0.05, 0) is 24.0 Å². The van der Waals surface area contributed by atoms with Crippen molar-refractivity contribution in [2.45, 2.75) is 18.8 Å². The van der Waals surface area contributed by atoms with Gasteiger partial charge in [-0.2, -0.15) is 10.1 Å². The summed E-state index contributed by atoms with van der Waals surface area (Å²) in [4.78, 5) is 8.42. The lowest BCUT2D eigenvalue weighted by atomic mass is 10.1. The highest BCUT2D eigenvalue weighted by Crippen LogP contribution is 2.33. The Bertz CT molecular complexity index is 678. The van der Waals surface area contributed by atoms with Gasteiger partial charge in [0, 0.05) is 5.92 Å². The highest BCUT2D eigenvalue weighted by molar-refractivity contribution is 5.41. The summed E-state index contributed by atoms with van der Waals surface area (Å²) in [5, 5.41) is 10.5. The Labute approximate surface area is 108 Å². The van der Waals surface area contributed by atoms with Crippen LogP contribution < -0.4 is 0 Å². The molecule has 0 unspecified atom stereocenters. The van der Waals surface area contributed by atoms with Gasteiger partial charge < -0.3 is 4.52 Å². The molecule has 3 aromatic rings. The maximum Gasteiger partial charge on any atom is 0.239 e. The average molecular weight is 253 g/mol. The lowest BCUT2D eigenvalue weighted by Crippen LogP contribution is -1.98. The van der Waals surface area contributed by atoms with Crippen molar-refractivity contribution in [2.24, 2.45) is 0 Å². The second kappa shape index (κ2) is 4.01. The monoisotopic (exact) mass is 253 g/mol. The molecule has 2 heterocycles. The SMILES string of the molecule is c1ccc2c(c1)CC(c1nc(-c3ncn[nH]3)no1)C2. The summed E-state index contributed by atoms with van der Waals surface area (Å²) in [7, 11) is 0. The molecule has 0 saturated carbocycles. The number of nitrogens with one attached hydrogen (secondary N) is 1. The number of benzene rings is 1. The van der Waals surface area contributed by atoms with Crippen molar-refractivity contribution in [1.29, 1.82) is 0 Å². The van der Waals surface area contributed by atoms with E-state index in [-0.39, 0.29) is 5.92 Å². The van der Waals surface area contributed by atoms with Gasteiger partial charge in [-0.25, -0.2) is 4.98 Å². The van der Waals surface area contributed by atoms with Crippen LogP contribution in [0.25, 0.3) is 11.6 Å². The smallest absolute Gasteiger partial charge is 0.239 e. The second-order valence-electron chi connectivity index (χ2n) is 4.66. The Hall–Kier alpha value is -2.50. The summed E-state index contributed by atoms with van der Waals surface area (Å²) in [6, 6.07) is 8.44. The molecule has 4 rings (SSSR count). The predicted octanol–water partition coefficient (Wildman–Crippen LogP) is 1.74. The third-order valence-electron chi connectivity index (χ3n) is 3.47. The van der Waals surface area contributed by atoms with Crippen LogP contribution in [-0.2, 0) is 12.8 Å². The maximum atomic E-state index is 5.35. The van der Waals surface area contributed by atoms with Crippen LogP contribution >= 0.6 is 0 Å². The average Bonchev–Trinajstić information content (AvgIpc) is 3.17. The zero-order valence-electron chi connectivity index (χ0n) is 10.1. The van der Waals surface area contributed by atoms with E-state index >= 15 is 0 Å². The molecule has 94 valence electrons. The van der Waals surface area contributed by atoms with Crippen molar-refractivity contribution >= 4 is 0 Å². The van der Waals surface area contributed by atoms with E-state index < -0.39 is 0 Å². The van der Waals surface area contributed by atoms with Crippen molar-refractivity contribution < 1.29 is 4.52 Å². The van der Waals surface area contributed by atoms with Crippen LogP contribution in [0.4, 0.5) is 0 Å². The molecule has 19 heavy (non-hydrogen) atoms. The lowest BCUT2D eigenvalue weighted by molar-refractivity contribution is 0.356. The Morgan fingerprint density at radius 3 is 2.63 bits per heavy atom. The topological polar surface area (TPSA) is 80.5 Å². The number of aromatic amines is 1. The number of H-pyrrole nitrogens is 1. The van der Waals surface area contributed by atoms with E-state index in [0.717, 1.165) is 12.8 Å². The highest BCUT2D eigenvalue weighted by atomic mass is 16.5. The molecule has 0 aliphatic heterocycles. The summed E-state index contributed by atoms with van der Waals surface area (Å²) in [6.07, 6.45) is 3.33. The van der Waals surface area contributed by atoms with E-state index in [9.17, 15) is 0 Å². The number of hydrogen-bond acceptors (Lipinski definition) is 5. The van der Waals surface area contributed by atoms with E-state index in [1.807, 2.05) is 0 Å². The number of hydrogen-bond donors (Lipinski definition) is 1.